The Morgan fingerprint density at radius 3 is 2.32 bits per heavy atom. The molecule has 0 aliphatic heterocycles. The second-order valence-electron chi connectivity index (χ2n) is 6.39. The summed E-state index contributed by atoms with van der Waals surface area (Å²) in [5, 5.41) is 2.57. The van der Waals surface area contributed by atoms with Crippen LogP contribution in [0, 0.1) is 13.8 Å². The molecule has 0 unspecified atom stereocenters. The highest BCUT2D eigenvalue weighted by Gasteiger charge is 2.19. The molecule has 0 bridgehead atoms. The summed E-state index contributed by atoms with van der Waals surface area (Å²) in [6, 6.07) is 11.0. The maximum atomic E-state index is 12.6. The number of rotatable bonds is 7. The minimum Gasteiger partial charge on any atom is -0.449 e. The summed E-state index contributed by atoms with van der Waals surface area (Å²) in [6.07, 6.45) is -0.921. The van der Waals surface area contributed by atoms with Gasteiger partial charge in [-0.2, -0.15) is 0 Å². The lowest BCUT2D eigenvalue weighted by Crippen LogP contribution is -2.35. The standard InChI is InChI=1S/C20H24N2O5S/c1-5-21-19(23)15(4)27-20(24)16-8-10-17(11-9-16)22-28(25,26)18-12-13(2)6-7-14(18)3/h6-12,15,22H,5H2,1-4H3,(H,21,23)/t15-/m0/s1. The number of benzene rings is 2. The quantitative estimate of drug-likeness (QED) is 0.691. The molecule has 8 heteroatoms. The van der Waals surface area contributed by atoms with Gasteiger partial charge < -0.3 is 10.1 Å². The lowest BCUT2D eigenvalue weighted by Gasteiger charge is -2.13. The van der Waals surface area contributed by atoms with E-state index in [1.807, 2.05) is 13.0 Å². The van der Waals surface area contributed by atoms with Crippen molar-refractivity contribution in [1.29, 1.82) is 0 Å². The highest BCUT2D eigenvalue weighted by molar-refractivity contribution is 7.92. The van der Waals surface area contributed by atoms with Crippen LogP contribution in [0.15, 0.2) is 47.4 Å². The number of likely N-dealkylation sites (N-methyl/N-ethyl adjacent to an activating group) is 1. The number of aryl methyl sites for hydroxylation is 2. The van der Waals surface area contributed by atoms with Gasteiger partial charge >= 0.3 is 5.97 Å². The van der Waals surface area contributed by atoms with Crippen molar-refractivity contribution in [1.82, 2.24) is 5.32 Å². The lowest BCUT2D eigenvalue weighted by molar-refractivity contribution is -0.128. The fraction of sp³-hybridized carbons (Fsp3) is 0.300. The molecule has 2 N–H and O–H groups in total. The van der Waals surface area contributed by atoms with Crippen LogP contribution in [-0.4, -0.2) is 32.9 Å². The van der Waals surface area contributed by atoms with Crippen molar-refractivity contribution in [2.45, 2.75) is 38.7 Å². The molecule has 7 nitrogen and oxygen atoms in total. The van der Waals surface area contributed by atoms with Crippen LogP contribution in [0.25, 0.3) is 0 Å². The molecule has 1 amide bonds. The van der Waals surface area contributed by atoms with Gasteiger partial charge in [0, 0.05) is 12.2 Å². The van der Waals surface area contributed by atoms with Gasteiger partial charge in [0.15, 0.2) is 6.10 Å². The third kappa shape index (κ3) is 5.32. The van der Waals surface area contributed by atoms with Gasteiger partial charge in [-0.3, -0.25) is 9.52 Å². The number of ether oxygens (including phenoxy) is 1. The minimum absolute atomic E-state index is 0.201. The van der Waals surface area contributed by atoms with Crippen molar-refractivity contribution in [2.75, 3.05) is 11.3 Å². The number of nitrogens with one attached hydrogen (secondary N) is 2. The van der Waals surface area contributed by atoms with Gasteiger partial charge in [0.1, 0.15) is 0 Å². The van der Waals surface area contributed by atoms with E-state index in [-0.39, 0.29) is 16.4 Å². The molecule has 0 heterocycles. The molecule has 1 atom stereocenters. The van der Waals surface area contributed by atoms with Crippen LogP contribution in [-0.2, 0) is 19.6 Å². The first-order valence-corrected chi connectivity index (χ1v) is 10.3. The van der Waals surface area contributed by atoms with Crippen LogP contribution >= 0.6 is 0 Å². The number of amides is 1. The SMILES string of the molecule is CCNC(=O)[C@H](C)OC(=O)c1ccc(NS(=O)(=O)c2cc(C)ccc2C)cc1. The molecule has 0 saturated heterocycles. The van der Waals surface area contributed by atoms with Crippen molar-refractivity contribution in [3.63, 3.8) is 0 Å². The zero-order chi connectivity index (χ0) is 20.9. The Morgan fingerprint density at radius 2 is 1.71 bits per heavy atom. The number of anilines is 1. The first-order valence-electron chi connectivity index (χ1n) is 8.83. The Hall–Kier alpha value is -2.87. The second-order valence-corrected chi connectivity index (χ2v) is 8.04. The fourth-order valence-electron chi connectivity index (χ4n) is 2.48. The number of carbonyl (C=O) groups excluding carboxylic acids is 2. The van der Waals surface area contributed by atoms with Gasteiger partial charge in [-0.05, 0) is 69.2 Å². The number of carbonyl (C=O) groups is 2. The highest BCUT2D eigenvalue weighted by atomic mass is 32.2. The van der Waals surface area contributed by atoms with E-state index in [0.29, 0.717) is 17.8 Å². The maximum Gasteiger partial charge on any atom is 0.338 e. The van der Waals surface area contributed by atoms with Crippen molar-refractivity contribution in [2.24, 2.45) is 0 Å². The summed E-state index contributed by atoms with van der Waals surface area (Å²) in [5.41, 5.74) is 2.00. The Balaban J connectivity index is 2.11. The average molecular weight is 404 g/mol. The van der Waals surface area contributed by atoms with Gasteiger partial charge in [-0.25, -0.2) is 13.2 Å². The molecular formula is C20H24N2O5S. The number of hydrogen-bond donors (Lipinski definition) is 2. The van der Waals surface area contributed by atoms with Gasteiger partial charge in [0.25, 0.3) is 15.9 Å². The van der Waals surface area contributed by atoms with E-state index in [1.54, 1.807) is 26.0 Å². The monoisotopic (exact) mass is 404 g/mol. The minimum atomic E-state index is -3.76. The Bertz CT molecular complexity index is 969. The first kappa shape index (κ1) is 21.4. The molecule has 0 aliphatic rings. The fourth-order valence-corrected chi connectivity index (χ4v) is 3.87. The zero-order valence-electron chi connectivity index (χ0n) is 16.3. The molecule has 150 valence electrons. The number of sulfonamides is 1. The van der Waals surface area contributed by atoms with Crippen molar-refractivity contribution >= 4 is 27.6 Å². The summed E-state index contributed by atoms with van der Waals surface area (Å²) in [5.74, 6) is -1.04. The van der Waals surface area contributed by atoms with Crippen LogP contribution in [0.2, 0.25) is 0 Å². The predicted molar refractivity (Wildman–Crippen MR) is 107 cm³/mol. The van der Waals surface area contributed by atoms with Crippen LogP contribution < -0.4 is 10.0 Å². The normalized spacial score (nSPS) is 12.1. The van der Waals surface area contributed by atoms with Crippen LogP contribution in [0.4, 0.5) is 5.69 Å². The van der Waals surface area contributed by atoms with Gasteiger partial charge in [-0.1, -0.05) is 12.1 Å². The van der Waals surface area contributed by atoms with Crippen molar-refractivity contribution in [3.05, 3.63) is 59.2 Å². The molecule has 0 aliphatic carbocycles. The molecule has 0 saturated carbocycles. The summed E-state index contributed by atoms with van der Waals surface area (Å²) in [6.45, 7) is 7.24. The van der Waals surface area contributed by atoms with Crippen molar-refractivity contribution < 1.29 is 22.7 Å². The Kier molecular flexibility index (Phi) is 6.80. The molecule has 0 spiro atoms. The van der Waals surface area contributed by atoms with E-state index in [2.05, 4.69) is 10.0 Å². The first-order chi connectivity index (χ1) is 13.1. The van der Waals surface area contributed by atoms with E-state index in [1.165, 1.54) is 31.2 Å². The van der Waals surface area contributed by atoms with Crippen LogP contribution in [0.3, 0.4) is 0 Å². The third-order valence-electron chi connectivity index (χ3n) is 4.01. The van der Waals surface area contributed by atoms with E-state index in [0.717, 1.165) is 5.56 Å². The molecule has 28 heavy (non-hydrogen) atoms. The van der Waals surface area contributed by atoms with E-state index >= 15 is 0 Å². The molecule has 0 fully saturated rings. The van der Waals surface area contributed by atoms with E-state index in [9.17, 15) is 18.0 Å². The van der Waals surface area contributed by atoms with Crippen LogP contribution in [0.5, 0.6) is 0 Å². The summed E-state index contributed by atoms with van der Waals surface area (Å²) in [4.78, 5) is 24.0. The highest BCUT2D eigenvalue weighted by Crippen LogP contribution is 2.21. The smallest absolute Gasteiger partial charge is 0.338 e. The molecule has 2 aromatic carbocycles. The topological polar surface area (TPSA) is 102 Å². The van der Waals surface area contributed by atoms with Crippen LogP contribution in [0.1, 0.15) is 35.3 Å². The van der Waals surface area contributed by atoms with Gasteiger partial charge in [0.2, 0.25) is 0 Å². The molecular weight excluding hydrogens is 380 g/mol. The molecule has 2 rings (SSSR count). The second kappa shape index (κ2) is 8.88. The van der Waals surface area contributed by atoms with Gasteiger partial charge in [-0.15, -0.1) is 0 Å². The molecule has 0 radical (unpaired) electrons. The van der Waals surface area contributed by atoms with E-state index in [4.69, 9.17) is 4.74 Å². The summed E-state index contributed by atoms with van der Waals surface area (Å²) >= 11 is 0. The summed E-state index contributed by atoms with van der Waals surface area (Å²) < 4.78 is 32.9. The number of hydrogen-bond acceptors (Lipinski definition) is 5. The predicted octanol–water partition coefficient (Wildman–Crippen LogP) is 2.79. The van der Waals surface area contributed by atoms with E-state index < -0.39 is 22.1 Å². The van der Waals surface area contributed by atoms with Crippen molar-refractivity contribution in [3.8, 4) is 0 Å². The zero-order valence-corrected chi connectivity index (χ0v) is 17.1. The summed E-state index contributed by atoms with van der Waals surface area (Å²) in [7, 11) is -3.76. The maximum absolute atomic E-state index is 12.6. The number of esters is 1. The Morgan fingerprint density at radius 1 is 1.07 bits per heavy atom. The average Bonchev–Trinajstić information content (AvgIpc) is 2.64. The largest absolute Gasteiger partial charge is 0.449 e. The lowest BCUT2D eigenvalue weighted by atomic mass is 10.2. The third-order valence-corrected chi connectivity index (χ3v) is 5.53. The molecule has 0 aromatic heterocycles. The van der Waals surface area contributed by atoms with Gasteiger partial charge in [0.05, 0.1) is 10.5 Å². The Labute approximate surface area is 165 Å². The molecule has 2 aromatic rings.